The Morgan fingerprint density at radius 1 is 1.20 bits per heavy atom. The van der Waals surface area contributed by atoms with E-state index < -0.39 is 0 Å². The highest BCUT2D eigenvalue weighted by atomic mass is 35.5. The lowest BCUT2D eigenvalue weighted by atomic mass is 9.96. The van der Waals surface area contributed by atoms with Gasteiger partial charge in [-0.05, 0) is 50.5 Å². The van der Waals surface area contributed by atoms with Crippen LogP contribution in [-0.2, 0) is 11.3 Å². The maximum absolute atomic E-state index is 12.4. The molecule has 0 spiro atoms. The molecule has 0 saturated carbocycles. The van der Waals surface area contributed by atoms with Crippen LogP contribution in [0, 0.1) is 19.8 Å². The van der Waals surface area contributed by atoms with Crippen molar-refractivity contribution in [1.82, 2.24) is 15.3 Å². The molecule has 2 aromatic rings. The second-order valence-corrected chi connectivity index (χ2v) is 7.00. The predicted molar refractivity (Wildman–Crippen MR) is 99.7 cm³/mol. The van der Waals surface area contributed by atoms with Gasteiger partial charge in [-0.3, -0.25) is 4.79 Å². The molecule has 2 heterocycles. The minimum absolute atomic E-state index is 0.0429. The highest BCUT2D eigenvalue weighted by Crippen LogP contribution is 2.21. The summed E-state index contributed by atoms with van der Waals surface area (Å²) in [5.41, 5.74) is 2.97. The molecule has 1 fully saturated rings. The van der Waals surface area contributed by atoms with Gasteiger partial charge in [-0.1, -0.05) is 23.7 Å². The summed E-state index contributed by atoms with van der Waals surface area (Å²) in [6.45, 7) is 6.08. The lowest BCUT2D eigenvalue weighted by Gasteiger charge is -2.31. The van der Waals surface area contributed by atoms with E-state index in [1.807, 2.05) is 44.2 Å². The van der Waals surface area contributed by atoms with E-state index in [0.717, 1.165) is 48.8 Å². The number of anilines is 1. The number of hydrogen-bond donors (Lipinski definition) is 1. The number of nitrogens with one attached hydrogen (secondary N) is 1. The fourth-order valence-electron chi connectivity index (χ4n) is 3.17. The zero-order valence-corrected chi connectivity index (χ0v) is 15.4. The number of rotatable bonds is 4. The topological polar surface area (TPSA) is 58.1 Å². The average molecular weight is 359 g/mol. The molecule has 1 saturated heterocycles. The quantitative estimate of drug-likeness (QED) is 0.911. The molecule has 25 heavy (non-hydrogen) atoms. The number of piperidine rings is 1. The van der Waals surface area contributed by atoms with E-state index in [2.05, 4.69) is 20.2 Å². The third kappa shape index (κ3) is 4.69. The van der Waals surface area contributed by atoms with Crippen LogP contribution in [0.25, 0.3) is 0 Å². The number of halogens is 1. The predicted octanol–water partition coefficient (Wildman–Crippen LogP) is 3.28. The molecule has 0 radical (unpaired) electrons. The van der Waals surface area contributed by atoms with E-state index in [1.165, 1.54) is 0 Å². The summed E-state index contributed by atoms with van der Waals surface area (Å²) in [5, 5.41) is 3.71. The van der Waals surface area contributed by atoms with Gasteiger partial charge in [0.1, 0.15) is 0 Å². The second-order valence-electron chi connectivity index (χ2n) is 6.56. The fourth-order valence-corrected chi connectivity index (χ4v) is 3.38. The van der Waals surface area contributed by atoms with Gasteiger partial charge in [0.05, 0.1) is 0 Å². The fraction of sp³-hybridized carbons (Fsp3) is 0.421. The van der Waals surface area contributed by atoms with Gasteiger partial charge in [0.15, 0.2) is 0 Å². The van der Waals surface area contributed by atoms with Gasteiger partial charge in [-0.15, -0.1) is 0 Å². The Morgan fingerprint density at radius 2 is 1.88 bits per heavy atom. The van der Waals surface area contributed by atoms with Crippen LogP contribution in [0.15, 0.2) is 30.3 Å². The van der Waals surface area contributed by atoms with Crippen molar-refractivity contribution in [3.05, 3.63) is 52.3 Å². The Morgan fingerprint density at radius 3 is 2.52 bits per heavy atom. The van der Waals surface area contributed by atoms with Crippen molar-refractivity contribution in [2.24, 2.45) is 5.92 Å². The second kappa shape index (κ2) is 7.83. The van der Waals surface area contributed by atoms with E-state index in [9.17, 15) is 4.79 Å². The summed E-state index contributed by atoms with van der Waals surface area (Å²) in [6.07, 6.45) is 1.63. The van der Waals surface area contributed by atoms with Crippen molar-refractivity contribution in [2.75, 3.05) is 18.0 Å². The van der Waals surface area contributed by atoms with E-state index in [1.54, 1.807) is 0 Å². The maximum Gasteiger partial charge on any atom is 0.225 e. The third-order valence-corrected chi connectivity index (χ3v) is 4.71. The van der Waals surface area contributed by atoms with Crippen molar-refractivity contribution in [3.8, 4) is 0 Å². The lowest BCUT2D eigenvalue weighted by molar-refractivity contribution is -0.125. The summed E-state index contributed by atoms with van der Waals surface area (Å²) in [4.78, 5) is 23.6. The largest absolute Gasteiger partial charge is 0.352 e. The van der Waals surface area contributed by atoms with Gasteiger partial charge in [-0.25, -0.2) is 9.97 Å². The Bertz CT molecular complexity index is 737. The zero-order chi connectivity index (χ0) is 17.8. The molecule has 1 aromatic heterocycles. The van der Waals surface area contributed by atoms with E-state index in [-0.39, 0.29) is 11.8 Å². The molecule has 0 atom stereocenters. The molecule has 6 heteroatoms. The standard InChI is InChI=1S/C19H23ClN4O/c1-13-10-14(2)23-19(22-13)24-8-6-16(7-9-24)18(25)21-12-15-4-3-5-17(20)11-15/h3-5,10-11,16H,6-9,12H2,1-2H3,(H,21,25). The number of aryl methyl sites for hydroxylation is 2. The van der Waals surface area contributed by atoms with Crippen molar-refractivity contribution in [2.45, 2.75) is 33.2 Å². The van der Waals surface area contributed by atoms with E-state index >= 15 is 0 Å². The molecule has 0 unspecified atom stereocenters. The Balaban J connectivity index is 1.52. The van der Waals surface area contributed by atoms with Crippen molar-refractivity contribution >= 4 is 23.5 Å². The summed E-state index contributed by atoms with van der Waals surface area (Å²) >= 11 is 5.98. The number of nitrogens with zero attached hydrogens (tertiary/aromatic N) is 3. The van der Waals surface area contributed by atoms with Gasteiger partial charge in [-0.2, -0.15) is 0 Å². The Labute approximate surface area is 153 Å². The smallest absolute Gasteiger partial charge is 0.225 e. The molecule has 1 N–H and O–H groups in total. The van der Waals surface area contributed by atoms with Crippen molar-refractivity contribution in [1.29, 1.82) is 0 Å². The first-order chi connectivity index (χ1) is 12.0. The molecule has 1 aromatic carbocycles. The zero-order valence-electron chi connectivity index (χ0n) is 14.6. The van der Waals surface area contributed by atoms with Crippen LogP contribution < -0.4 is 10.2 Å². The van der Waals surface area contributed by atoms with Gasteiger partial charge >= 0.3 is 0 Å². The maximum atomic E-state index is 12.4. The molecule has 1 aliphatic rings. The summed E-state index contributed by atoms with van der Waals surface area (Å²) < 4.78 is 0. The highest BCUT2D eigenvalue weighted by molar-refractivity contribution is 6.30. The first kappa shape index (κ1) is 17.7. The number of amides is 1. The van der Waals surface area contributed by atoms with Crippen LogP contribution in [0.1, 0.15) is 29.8 Å². The van der Waals surface area contributed by atoms with Crippen LogP contribution in [0.5, 0.6) is 0 Å². The average Bonchev–Trinajstić information content (AvgIpc) is 2.59. The number of benzene rings is 1. The first-order valence-corrected chi connectivity index (χ1v) is 8.98. The summed E-state index contributed by atoms with van der Waals surface area (Å²) in [6, 6.07) is 9.54. The molecule has 1 aliphatic heterocycles. The molecule has 3 rings (SSSR count). The van der Waals surface area contributed by atoms with Crippen molar-refractivity contribution < 1.29 is 4.79 Å². The van der Waals surface area contributed by atoms with Gasteiger partial charge in [0.25, 0.3) is 0 Å². The van der Waals surface area contributed by atoms with Crippen LogP contribution in [0.4, 0.5) is 5.95 Å². The Hall–Kier alpha value is -2.14. The SMILES string of the molecule is Cc1cc(C)nc(N2CCC(C(=O)NCc3cccc(Cl)c3)CC2)n1. The number of carbonyl (C=O) groups excluding carboxylic acids is 1. The molecule has 0 bridgehead atoms. The van der Waals surface area contributed by atoms with Crippen LogP contribution in [-0.4, -0.2) is 29.0 Å². The van der Waals surface area contributed by atoms with Crippen LogP contribution >= 0.6 is 11.6 Å². The minimum atomic E-state index is 0.0429. The first-order valence-electron chi connectivity index (χ1n) is 8.60. The lowest BCUT2D eigenvalue weighted by Crippen LogP contribution is -2.41. The molecular weight excluding hydrogens is 336 g/mol. The molecule has 5 nitrogen and oxygen atoms in total. The summed E-state index contributed by atoms with van der Waals surface area (Å²) in [7, 11) is 0. The molecule has 0 aliphatic carbocycles. The van der Waals surface area contributed by atoms with E-state index in [4.69, 9.17) is 11.6 Å². The highest BCUT2D eigenvalue weighted by Gasteiger charge is 2.26. The normalized spacial score (nSPS) is 15.2. The third-order valence-electron chi connectivity index (χ3n) is 4.47. The molecule has 1 amide bonds. The minimum Gasteiger partial charge on any atom is -0.352 e. The van der Waals surface area contributed by atoms with Gasteiger partial charge < -0.3 is 10.2 Å². The van der Waals surface area contributed by atoms with Crippen LogP contribution in [0.2, 0.25) is 5.02 Å². The monoisotopic (exact) mass is 358 g/mol. The number of carbonyl (C=O) groups is 1. The molecular formula is C19H23ClN4O. The van der Waals surface area contributed by atoms with Crippen molar-refractivity contribution in [3.63, 3.8) is 0 Å². The Kier molecular flexibility index (Phi) is 5.53. The molecule has 132 valence electrons. The summed E-state index contributed by atoms with van der Waals surface area (Å²) in [5.74, 6) is 0.928. The number of aromatic nitrogens is 2. The number of hydrogen-bond acceptors (Lipinski definition) is 4. The van der Waals surface area contributed by atoms with Gasteiger partial charge in [0, 0.05) is 42.0 Å². The van der Waals surface area contributed by atoms with E-state index in [0.29, 0.717) is 11.6 Å². The van der Waals surface area contributed by atoms with Gasteiger partial charge in [0.2, 0.25) is 11.9 Å². The van der Waals surface area contributed by atoms with Crippen LogP contribution in [0.3, 0.4) is 0 Å².